The first-order valence-electron chi connectivity index (χ1n) is 5.96. The van der Waals surface area contributed by atoms with Gasteiger partial charge in [-0.25, -0.2) is 0 Å². The molecular weight excluding hydrogens is 243 g/mol. The third kappa shape index (κ3) is 4.96. The summed E-state index contributed by atoms with van der Waals surface area (Å²) in [6.07, 6.45) is -4.94. The van der Waals surface area contributed by atoms with Crippen LogP contribution in [0.25, 0.3) is 0 Å². The van der Waals surface area contributed by atoms with Crippen LogP contribution in [0.5, 0.6) is 5.75 Å². The standard InChI is InChI=1S/C13H18F3NO/c1-3-18-12-7-5-4-6-11(12)10(2)17-9-8-13(14,15)16/h4-7,10,17H,3,8-9H2,1-2H3. The second-order valence-electron chi connectivity index (χ2n) is 4.01. The summed E-state index contributed by atoms with van der Waals surface area (Å²) in [5.41, 5.74) is 0.876. The van der Waals surface area contributed by atoms with Crippen molar-refractivity contribution in [2.24, 2.45) is 0 Å². The van der Waals surface area contributed by atoms with Crippen molar-refractivity contribution >= 4 is 0 Å². The lowest BCUT2D eigenvalue weighted by molar-refractivity contribution is -0.133. The van der Waals surface area contributed by atoms with Gasteiger partial charge in [-0.05, 0) is 19.9 Å². The van der Waals surface area contributed by atoms with E-state index >= 15 is 0 Å². The van der Waals surface area contributed by atoms with Gasteiger partial charge >= 0.3 is 6.18 Å². The number of alkyl halides is 3. The van der Waals surface area contributed by atoms with Crippen molar-refractivity contribution in [1.29, 1.82) is 0 Å². The normalized spacial score (nSPS) is 13.4. The zero-order valence-electron chi connectivity index (χ0n) is 10.6. The largest absolute Gasteiger partial charge is 0.494 e. The molecule has 0 fully saturated rings. The van der Waals surface area contributed by atoms with Gasteiger partial charge < -0.3 is 10.1 Å². The Morgan fingerprint density at radius 2 is 1.94 bits per heavy atom. The fourth-order valence-corrected chi connectivity index (χ4v) is 1.67. The molecular formula is C13H18F3NO. The van der Waals surface area contributed by atoms with Crippen LogP contribution in [0.4, 0.5) is 13.2 Å². The smallest absolute Gasteiger partial charge is 0.390 e. The maximum Gasteiger partial charge on any atom is 0.390 e. The van der Waals surface area contributed by atoms with Crippen LogP contribution < -0.4 is 10.1 Å². The highest BCUT2D eigenvalue weighted by Gasteiger charge is 2.26. The molecule has 0 amide bonds. The first-order valence-corrected chi connectivity index (χ1v) is 5.96. The van der Waals surface area contributed by atoms with E-state index in [9.17, 15) is 13.2 Å². The second-order valence-corrected chi connectivity index (χ2v) is 4.01. The molecule has 0 saturated carbocycles. The molecule has 1 aromatic rings. The van der Waals surface area contributed by atoms with E-state index in [4.69, 9.17) is 4.74 Å². The zero-order chi connectivity index (χ0) is 13.6. The molecule has 0 heterocycles. The highest BCUT2D eigenvalue weighted by atomic mass is 19.4. The molecule has 18 heavy (non-hydrogen) atoms. The highest BCUT2D eigenvalue weighted by molar-refractivity contribution is 5.35. The predicted octanol–water partition coefficient (Wildman–Crippen LogP) is 3.69. The van der Waals surface area contributed by atoms with Gasteiger partial charge in [-0.15, -0.1) is 0 Å². The Hall–Kier alpha value is -1.23. The molecule has 0 saturated heterocycles. The van der Waals surface area contributed by atoms with Gasteiger partial charge in [0.1, 0.15) is 5.75 Å². The monoisotopic (exact) mass is 261 g/mol. The van der Waals surface area contributed by atoms with Gasteiger partial charge in [-0.3, -0.25) is 0 Å². The number of para-hydroxylation sites is 1. The summed E-state index contributed by atoms with van der Waals surface area (Å²) in [5.74, 6) is 0.715. The van der Waals surface area contributed by atoms with Gasteiger partial charge in [-0.1, -0.05) is 18.2 Å². The van der Waals surface area contributed by atoms with Crippen molar-refractivity contribution in [3.63, 3.8) is 0 Å². The van der Waals surface area contributed by atoms with Gasteiger partial charge in [0.25, 0.3) is 0 Å². The van der Waals surface area contributed by atoms with Crippen LogP contribution in [0.3, 0.4) is 0 Å². The molecule has 0 bridgehead atoms. The lowest BCUT2D eigenvalue weighted by Crippen LogP contribution is -2.24. The molecule has 1 rings (SSSR count). The Balaban J connectivity index is 2.58. The molecule has 2 nitrogen and oxygen atoms in total. The van der Waals surface area contributed by atoms with E-state index in [2.05, 4.69) is 5.32 Å². The predicted molar refractivity (Wildman–Crippen MR) is 64.7 cm³/mol. The fraction of sp³-hybridized carbons (Fsp3) is 0.538. The third-order valence-corrected chi connectivity index (χ3v) is 2.54. The number of ether oxygens (including phenoxy) is 1. The SMILES string of the molecule is CCOc1ccccc1C(C)NCCC(F)(F)F. The van der Waals surface area contributed by atoms with E-state index in [0.717, 1.165) is 5.56 Å². The molecule has 1 N–H and O–H groups in total. The number of rotatable bonds is 6. The lowest BCUT2D eigenvalue weighted by Gasteiger charge is -2.18. The van der Waals surface area contributed by atoms with Gasteiger partial charge in [-0.2, -0.15) is 13.2 Å². The molecule has 102 valence electrons. The first kappa shape index (κ1) is 14.8. The van der Waals surface area contributed by atoms with Crippen LogP contribution >= 0.6 is 0 Å². The van der Waals surface area contributed by atoms with E-state index in [1.165, 1.54) is 0 Å². The topological polar surface area (TPSA) is 21.3 Å². The van der Waals surface area contributed by atoms with Gasteiger partial charge in [0.15, 0.2) is 0 Å². The Bertz CT molecular complexity index is 365. The zero-order valence-corrected chi connectivity index (χ0v) is 10.6. The second kappa shape index (κ2) is 6.64. The molecule has 1 aromatic carbocycles. The van der Waals surface area contributed by atoms with Crippen LogP contribution in [0.1, 0.15) is 31.9 Å². The summed E-state index contributed by atoms with van der Waals surface area (Å²) in [5, 5.41) is 2.85. The van der Waals surface area contributed by atoms with Crippen LogP contribution in [-0.2, 0) is 0 Å². The summed E-state index contributed by atoms with van der Waals surface area (Å²) in [6, 6.07) is 7.20. The minimum Gasteiger partial charge on any atom is -0.494 e. The Kier molecular flexibility index (Phi) is 5.47. The van der Waals surface area contributed by atoms with Crippen LogP contribution in [-0.4, -0.2) is 19.3 Å². The summed E-state index contributed by atoms with van der Waals surface area (Å²) in [6.45, 7) is 4.14. The summed E-state index contributed by atoms with van der Waals surface area (Å²) in [7, 11) is 0. The van der Waals surface area contributed by atoms with Crippen LogP contribution in [0, 0.1) is 0 Å². The Morgan fingerprint density at radius 1 is 1.28 bits per heavy atom. The summed E-state index contributed by atoms with van der Waals surface area (Å²) >= 11 is 0. The van der Waals surface area contributed by atoms with Crippen LogP contribution in [0.15, 0.2) is 24.3 Å². The van der Waals surface area contributed by atoms with Crippen molar-refractivity contribution in [3.05, 3.63) is 29.8 Å². The van der Waals surface area contributed by atoms with E-state index in [1.54, 1.807) is 0 Å². The minimum atomic E-state index is -4.12. The van der Waals surface area contributed by atoms with E-state index in [0.29, 0.717) is 12.4 Å². The van der Waals surface area contributed by atoms with Crippen molar-refractivity contribution < 1.29 is 17.9 Å². The summed E-state index contributed by atoms with van der Waals surface area (Å²) in [4.78, 5) is 0. The number of hydrogen-bond donors (Lipinski definition) is 1. The lowest BCUT2D eigenvalue weighted by atomic mass is 10.1. The van der Waals surface area contributed by atoms with E-state index in [1.807, 2.05) is 38.1 Å². The molecule has 0 aliphatic heterocycles. The number of nitrogens with one attached hydrogen (secondary N) is 1. The van der Waals surface area contributed by atoms with Gasteiger partial charge in [0.05, 0.1) is 13.0 Å². The quantitative estimate of drug-likeness (QED) is 0.843. The molecule has 0 aromatic heterocycles. The van der Waals surface area contributed by atoms with Crippen molar-refractivity contribution in [2.75, 3.05) is 13.2 Å². The third-order valence-electron chi connectivity index (χ3n) is 2.54. The number of hydrogen-bond acceptors (Lipinski definition) is 2. The maximum absolute atomic E-state index is 12.0. The fourth-order valence-electron chi connectivity index (χ4n) is 1.67. The minimum absolute atomic E-state index is 0.0921. The average molecular weight is 261 g/mol. The molecule has 0 aliphatic rings. The number of halogens is 3. The first-order chi connectivity index (χ1) is 8.44. The molecule has 5 heteroatoms. The Morgan fingerprint density at radius 3 is 2.56 bits per heavy atom. The van der Waals surface area contributed by atoms with Crippen molar-refractivity contribution in [3.8, 4) is 5.75 Å². The van der Waals surface area contributed by atoms with Crippen LogP contribution in [0.2, 0.25) is 0 Å². The molecule has 0 aliphatic carbocycles. The van der Waals surface area contributed by atoms with Gasteiger partial charge in [0, 0.05) is 18.2 Å². The maximum atomic E-state index is 12.0. The van der Waals surface area contributed by atoms with Crippen molar-refractivity contribution in [1.82, 2.24) is 5.32 Å². The highest BCUT2D eigenvalue weighted by Crippen LogP contribution is 2.25. The summed E-state index contributed by atoms with van der Waals surface area (Å²) < 4.78 is 41.6. The Labute approximate surface area is 105 Å². The average Bonchev–Trinajstić information content (AvgIpc) is 2.28. The number of benzene rings is 1. The molecule has 1 unspecified atom stereocenters. The molecule has 0 spiro atoms. The molecule has 0 radical (unpaired) electrons. The van der Waals surface area contributed by atoms with Gasteiger partial charge in [0.2, 0.25) is 0 Å². The van der Waals surface area contributed by atoms with E-state index < -0.39 is 12.6 Å². The van der Waals surface area contributed by atoms with E-state index in [-0.39, 0.29) is 12.6 Å². The molecule has 1 atom stereocenters. The van der Waals surface area contributed by atoms with Crippen molar-refractivity contribution in [2.45, 2.75) is 32.5 Å².